The number of anilines is 2. The average Bonchev–Trinajstić information content (AvgIpc) is 2.92. The zero-order valence-electron chi connectivity index (χ0n) is 20.1. The van der Waals surface area contributed by atoms with E-state index < -0.39 is 0 Å². The molecule has 1 aliphatic rings. The lowest BCUT2D eigenvalue weighted by Gasteiger charge is -2.25. The summed E-state index contributed by atoms with van der Waals surface area (Å²) in [5, 5.41) is 0. The van der Waals surface area contributed by atoms with Crippen LogP contribution >= 0.6 is 23.5 Å². The molecule has 0 bridgehead atoms. The van der Waals surface area contributed by atoms with Gasteiger partial charge in [0.1, 0.15) is 0 Å². The zero-order chi connectivity index (χ0) is 25.4. The second-order valence-electron chi connectivity index (χ2n) is 8.64. The predicted molar refractivity (Wildman–Crippen MR) is 148 cm³/mol. The molecule has 0 radical (unpaired) electrons. The van der Waals surface area contributed by atoms with Crippen molar-refractivity contribution in [1.29, 1.82) is 0 Å². The first-order valence-corrected chi connectivity index (χ1v) is 13.5. The molecule has 36 heavy (non-hydrogen) atoms. The summed E-state index contributed by atoms with van der Waals surface area (Å²) in [5.74, 6) is -0.534. The molecular weight excluding hydrogens is 484 g/mol. The Morgan fingerprint density at radius 3 is 1.28 bits per heavy atom. The molecule has 0 aromatic heterocycles. The van der Waals surface area contributed by atoms with E-state index in [4.69, 9.17) is 11.5 Å². The van der Waals surface area contributed by atoms with Gasteiger partial charge in [-0.3, -0.25) is 9.59 Å². The molecule has 4 N–H and O–H groups in total. The summed E-state index contributed by atoms with van der Waals surface area (Å²) in [6.45, 7) is 4.23. The Bertz CT molecular complexity index is 1380. The van der Waals surface area contributed by atoms with Crippen LogP contribution in [0.3, 0.4) is 0 Å². The maximum absolute atomic E-state index is 13.6. The summed E-state index contributed by atoms with van der Waals surface area (Å²) in [4.78, 5) is 30.5. The van der Waals surface area contributed by atoms with Crippen molar-refractivity contribution in [2.24, 2.45) is 0 Å². The molecule has 0 saturated carbocycles. The summed E-state index contributed by atoms with van der Waals surface area (Å²) < 4.78 is 0. The molecule has 0 saturated heterocycles. The van der Waals surface area contributed by atoms with Crippen LogP contribution in [0.2, 0.25) is 0 Å². The van der Waals surface area contributed by atoms with Crippen LogP contribution in [0.25, 0.3) is 0 Å². The summed E-state index contributed by atoms with van der Waals surface area (Å²) in [5.41, 5.74) is 17.6. The largest absolute Gasteiger partial charge is 0.397 e. The number of hydrogen-bond acceptors (Lipinski definition) is 6. The van der Waals surface area contributed by atoms with Crippen molar-refractivity contribution in [2.75, 3.05) is 11.5 Å². The van der Waals surface area contributed by atoms with Gasteiger partial charge in [-0.15, -0.1) is 0 Å². The fourth-order valence-corrected chi connectivity index (χ4v) is 6.48. The first-order valence-electron chi connectivity index (χ1n) is 11.9. The van der Waals surface area contributed by atoms with Gasteiger partial charge >= 0.3 is 0 Å². The third kappa shape index (κ3) is 4.21. The highest BCUT2D eigenvalue weighted by Crippen LogP contribution is 2.50. The van der Waals surface area contributed by atoms with Gasteiger partial charge < -0.3 is 11.5 Å². The number of ketones is 2. The second-order valence-corrected chi connectivity index (χ2v) is 10.8. The molecule has 0 amide bonds. The van der Waals surface area contributed by atoms with E-state index in [9.17, 15) is 9.59 Å². The lowest BCUT2D eigenvalue weighted by atomic mass is 9.82. The van der Waals surface area contributed by atoms with Crippen LogP contribution in [0.15, 0.2) is 92.4 Å². The number of nitrogen functional groups attached to an aromatic ring is 2. The van der Waals surface area contributed by atoms with Crippen LogP contribution in [0.5, 0.6) is 0 Å². The molecule has 4 aromatic carbocycles. The Balaban J connectivity index is 1.70. The van der Waals surface area contributed by atoms with Gasteiger partial charge in [0.25, 0.3) is 0 Å². The van der Waals surface area contributed by atoms with Crippen LogP contribution in [0.4, 0.5) is 11.4 Å². The fourth-order valence-electron chi connectivity index (χ4n) is 4.39. The quantitative estimate of drug-likeness (QED) is 0.238. The molecular formula is C30H26N2O2S2. The van der Waals surface area contributed by atoms with Crippen LogP contribution in [0.1, 0.15) is 56.8 Å². The molecule has 0 atom stereocenters. The van der Waals surface area contributed by atoms with E-state index >= 15 is 0 Å². The van der Waals surface area contributed by atoms with Gasteiger partial charge in [0, 0.05) is 20.9 Å². The van der Waals surface area contributed by atoms with Gasteiger partial charge in [-0.25, -0.2) is 0 Å². The number of benzene rings is 4. The second kappa shape index (κ2) is 9.88. The molecule has 0 unspecified atom stereocenters. The number of fused-ring (bicyclic) bond motifs is 2. The van der Waals surface area contributed by atoms with Crippen molar-refractivity contribution in [3.8, 4) is 0 Å². The molecule has 4 nitrogen and oxygen atoms in total. The van der Waals surface area contributed by atoms with Crippen molar-refractivity contribution in [3.05, 3.63) is 106 Å². The Labute approximate surface area is 219 Å². The van der Waals surface area contributed by atoms with Crippen molar-refractivity contribution >= 4 is 46.5 Å². The molecule has 1 aliphatic carbocycles. The third-order valence-corrected chi connectivity index (χ3v) is 8.86. The van der Waals surface area contributed by atoms with E-state index in [-0.39, 0.29) is 22.7 Å². The maximum Gasteiger partial charge on any atom is 0.196 e. The van der Waals surface area contributed by atoms with Crippen LogP contribution < -0.4 is 11.5 Å². The molecule has 0 spiro atoms. The summed E-state index contributed by atoms with van der Waals surface area (Å²) in [6, 6.07) is 23.4. The van der Waals surface area contributed by atoms with E-state index in [0.29, 0.717) is 32.3 Å². The molecule has 180 valence electrons. The normalized spacial score (nSPS) is 12.4. The molecule has 6 heteroatoms. The first kappa shape index (κ1) is 24.2. The van der Waals surface area contributed by atoms with Gasteiger partial charge in [-0.05, 0) is 48.2 Å². The summed E-state index contributed by atoms with van der Waals surface area (Å²) in [7, 11) is 0. The van der Waals surface area contributed by atoms with E-state index in [1.54, 1.807) is 24.3 Å². The molecule has 4 aromatic rings. The van der Waals surface area contributed by atoms with E-state index in [1.807, 2.05) is 24.3 Å². The van der Waals surface area contributed by atoms with Crippen molar-refractivity contribution in [1.82, 2.24) is 0 Å². The number of carbonyl (C=O) groups excluding carboxylic acids is 2. The lowest BCUT2D eigenvalue weighted by molar-refractivity contribution is 0.0980. The average molecular weight is 511 g/mol. The molecule has 0 heterocycles. The van der Waals surface area contributed by atoms with Gasteiger partial charge in [-0.1, -0.05) is 85.9 Å². The number of hydrogen-bond donors (Lipinski definition) is 2. The van der Waals surface area contributed by atoms with Gasteiger partial charge in [0.05, 0.1) is 32.3 Å². The molecule has 0 aliphatic heterocycles. The van der Waals surface area contributed by atoms with Crippen LogP contribution in [0, 0.1) is 0 Å². The van der Waals surface area contributed by atoms with Crippen molar-refractivity contribution in [2.45, 2.75) is 46.3 Å². The predicted octanol–water partition coefficient (Wildman–Crippen LogP) is 7.05. The monoisotopic (exact) mass is 510 g/mol. The highest BCUT2D eigenvalue weighted by Gasteiger charge is 2.36. The van der Waals surface area contributed by atoms with Gasteiger partial charge in [-0.2, -0.15) is 0 Å². The van der Waals surface area contributed by atoms with Crippen molar-refractivity contribution < 1.29 is 9.59 Å². The minimum Gasteiger partial charge on any atom is -0.397 e. The first-order chi connectivity index (χ1) is 17.4. The minimum atomic E-state index is -0.267. The molecule has 0 fully saturated rings. The maximum atomic E-state index is 13.6. The van der Waals surface area contributed by atoms with Crippen LogP contribution in [-0.2, 0) is 12.8 Å². The van der Waals surface area contributed by atoms with E-state index in [1.165, 1.54) is 34.7 Å². The van der Waals surface area contributed by atoms with Crippen molar-refractivity contribution in [3.63, 3.8) is 0 Å². The Kier molecular flexibility index (Phi) is 6.65. The van der Waals surface area contributed by atoms with E-state index in [0.717, 1.165) is 22.6 Å². The topological polar surface area (TPSA) is 86.2 Å². The Hall–Kier alpha value is -3.48. The SMILES string of the molecule is CCc1ccc(Sc2c(N)c3c(c(N)c2Sc2ccc(CC)cc2)C(=O)c2ccccc2C3=O)cc1. The number of nitrogens with two attached hydrogens (primary N) is 2. The third-order valence-electron chi connectivity index (χ3n) is 6.46. The standard InChI is InChI=1S/C30H26N2O2S2/c1-3-17-9-13-19(14-10-17)35-29-25(31)23-24(28(34)22-8-6-5-7-21(22)27(23)33)26(32)30(29)36-20-15-11-18(4-2)12-16-20/h5-16H,3-4,31-32H2,1-2H3. The summed E-state index contributed by atoms with van der Waals surface area (Å²) >= 11 is 2.94. The Morgan fingerprint density at radius 2 is 0.944 bits per heavy atom. The highest BCUT2D eigenvalue weighted by molar-refractivity contribution is 8.02. The zero-order valence-corrected chi connectivity index (χ0v) is 21.8. The van der Waals surface area contributed by atoms with Gasteiger partial charge in [0.15, 0.2) is 11.6 Å². The minimum absolute atomic E-state index is 0.203. The lowest BCUT2D eigenvalue weighted by Crippen LogP contribution is -2.24. The fraction of sp³-hybridized carbons (Fsp3) is 0.133. The van der Waals surface area contributed by atoms with E-state index in [2.05, 4.69) is 38.1 Å². The number of rotatable bonds is 6. The highest BCUT2D eigenvalue weighted by atomic mass is 32.2. The Morgan fingerprint density at radius 1 is 0.583 bits per heavy atom. The number of aryl methyl sites for hydroxylation is 2. The van der Waals surface area contributed by atoms with Crippen LogP contribution in [-0.4, -0.2) is 11.6 Å². The van der Waals surface area contributed by atoms with Gasteiger partial charge in [0.2, 0.25) is 0 Å². The smallest absolute Gasteiger partial charge is 0.196 e. The summed E-state index contributed by atoms with van der Waals surface area (Å²) in [6.07, 6.45) is 1.90. The number of carbonyl (C=O) groups is 2. The molecule has 5 rings (SSSR count).